The lowest BCUT2D eigenvalue weighted by Gasteiger charge is -2.30. The molecule has 0 aliphatic carbocycles. The van der Waals surface area contributed by atoms with Crippen LogP contribution in [0.3, 0.4) is 0 Å². The van der Waals surface area contributed by atoms with E-state index in [4.69, 9.17) is 9.05 Å². The zero-order valence-corrected chi connectivity index (χ0v) is 9.31. The Morgan fingerprint density at radius 3 is 2.00 bits per heavy atom. The minimum atomic E-state index is -1.82. The topological polar surface area (TPSA) is 35.5 Å². The number of hydrogen-bond acceptors (Lipinski definition) is 3. The molecule has 13 heavy (non-hydrogen) atoms. The predicted molar refractivity (Wildman–Crippen MR) is 51.8 cm³/mol. The second-order valence-corrected chi connectivity index (χ2v) is 4.73. The Hall–Kier alpha value is 0.0200. The number of hydrogen-bond donors (Lipinski definition) is 0. The fourth-order valence-electron chi connectivity index (χ4n) is 1.93. The van der Waals surface area contributed by atoms with Crippen molar-refractivity contribution in [2.45, 2.75) is 39.5 Å². The van der Waals surface area contributed by atoms with E-state index in [1.807, 2.05) is 0 Å². The summed E-state index contributed by atoms with van der Waals surface area (Å²) in [5, 5.41) is 0. The lowest BCUT2D eigenvalue weighted by atomic mass is 9.81. The summed E-state index contributed by atoms with van der Waals surface area (Å²) in [7, 11) is -1.82. The lowest BCUT2D eigenvalue weighted by Crippen LogP contribution is -2.33. The quantitative estimate of drug-likeness (QED) is 0.660. The Bertz CT molecular complexity index is 164. The van der Waals surface area contributed by atoms with Crippen LogP contribution in [-0.4, -0.2) is 13.2 Å². The molecule has 0 aromatic heterocycles. The van der Waals surface area contributed by atoms with Gasteiger partial charge in [-0.25, -0.2) is 0 Å². The van der Waals surface area contributed by atoms with Gasteiger partial charge in [-0.1, -0.05) is 26.7 Å². The summed E-state index contributed by atoms with van der Waals surface area (Å²) in [5.41, 5.74) is 0.132. The van der Waals surface area contributed by atoms with E-state index < -0.39 is 8.25 Å². The van der Waals surface area contributed by atoms with Gasteiger partial charge in [-0.3, -0.25) is 0 Å². The first-order valence-electron chi connectivity index (χ1n) is 4.95. The Morgan fingerprint density at radius 1 is 1.15 bits per heavy atom. The summed E-state index contributed by atoms with van der Waals surface area (Å²) in [6.07, 6.45) is 4.46. The molecule has 0 radical (unpaired) electrons. The third-order valence-corrected chi connectivity index (χ3v) is 3.19. The normalized spacial score (nSPS) is 21.8. The maximum absolute atomic E-state index is 10.9. The van der Waals surface area contributed by atoms with Gasteiger partial charge in [0.05, 0.1) is 0 Å². The SMILES string of the molecule is CCCC1(CCC)CO[P+](=O)OC1. The van der Waals surface area contributed by atoms with E-state index in [2.05, 4.69) is 13.8 Å². The van der Waals surface area contributed by atoms with Crippen LogP contribution < -0.4 is 0 Å². The average Bonchev–Trinajstić information content (AvgIpc) is 2.11. The van der Waals surface area contributed by atoms with Crippen molar-refractivity contribution in [3.05, 3.63) is 0 Å². The molecular weight excluding hydrogens is 187 g/mol. The van der Waals surface area contributed by atoms with Crippen LogP contribution in [0.25, 0.3) is 0 Å². The highest BCUT2D eigenvalue weighted by atomic mass is 31.1. The van der Waals surface area contributed by atoms with Crippen molar-refractivity contribution < 1.29 is 13.6 Å². The van der Waals surface area contributed by atoms with Crippen LogP contribution in [0.5, 0.6) is 0 Å². The van der Waals surface area contributed by atoms with E-state index >= 15 is 0 Å². The van der Waals surface area contributed by atoms with E-state index in [0.717, 1.165) is 25.7 Å². The largest absolute Gasteiger partial charge is 0.697 e. The van der Waals surface area contributed by atoms with Crippen molar-refractivity contribution in [2.24, 2.45) is 5.41 Å². The van der Waals surface area contributed by atoms with E-state index in [1.165, 1.54) is 0 Å². The van der Waals surface area contributed by atoms with Crippen LogP contribution in [-0.2, 0) is 13.6 Å². The van der Waals surface area contributed by atoms with Gasteiger partial charge in [0.2, 0.25) is 0 Å². The van der Waals surface area contributed by atoms with E-state index in [9.17, 15) is 4.57 Å². The first-order valence-corrected chi connectivity index (χ1v) is 6.05. The van der Waals surface area contributed by atoms with Gasteiger partial charge in [0.1, 0.15) is 13.2 Å². The summed E-state index contributed by atoms with van der Waals surface area (Å²) in [6.45, 7) is 5.52. The second kappa shape index (κ2) is 5.04. The highest BCUT2D eigenvalue weighted by Crippen LogP contribution is 2.42. The maximum atomic E-state index is 10.9. The highest BCUT2D eigenvalue weighted by molar-refractivity contribution is 7.33. The molecule has 3 nitrogen and oxygen atoms in total. The number of rotatable bonds is 4. The molecule has 1 heterocycles. The van der Waals surface area contributed by atoms with Crippen LogP contribution in [0.1, 0.15) is 39.5 Å². The molecule has 0 unspecified atom stereocenters. The Kier molecular flexibility index (Phi) is 4.30. The molecule has 0 aromatic rings. The third-order valence-electron chi connectivity index (χ3n) is 2.51. The van der Waals surface area contributed by atoms with Crippen LogP contribution in [0.4, 0.5) is 0 Å². The van der Waals surface area contributed by atoms with Gasteiger partial charge in [0.25, 0.3) is 0 Å². The molecule has 1 aliphatic rings. The summed E-state index contributed by atoms with van der Waals surface area (Å²) in [4.78, 5) is 0. The third kappa shape index (κ3) is 3.01. The summed E-state index contributed by atoms with van der Waals surface area (Å²) >= 11 is 0. The van der Waals surface area contributed by atoms with Gasteiger partial charge in [-0.05, 0) is 12.8 Å². The fourth-order valence-corrected chi connectivity index (χ4v) is 2.77. The van der Waals surface area contributed by atoms with Crippen molar-refractivity contribution in [3.63, 3.8) is 0 Å². The molecular formula is C9H18O3P+. The predicted octanol–water partition coefficient (Wildman–Crippen LogP) is 3.28. The molecule has 76 valence electrons. The molecule has 0 aromatic carbocycles. The summed E-state index contributed by atoms with van der Waals surface area (Å²) < 4.78 is 21.0. The van der Waals surface area contributed by atoms with Gasteiger partial charge in [-0.15, -0.1) is 9.05 Å². The van der Waals surface area contributed by atoms with Crippen molar-refractivity contribution in [3.8, 4) is 0 Å². The van der Waals surface area contributed by atoms with Crippen molar-refractivity contribution in [2.75, 3.05) is 13.2 Å². The molecule has 0 saturated carbocycles. The van der Waals surface area contributed by atoms with Crippen molar-refractivity contribution >= 4 is 8.25 Å². The summed E-state index contributed by atoms with van der Waals surface area (Å²) in [6, 6.07) is 0. The zero-order chi connectivity index (χ0) is 9.73. The standard InChI is InChI=1S/C9H18O3P/c1-3-5-9(6-4-2)7-11-13(10)12-8-9/h3-8H2,1-2H3/q+1. The van der Waals surface area contributed by atoms with Crippen LogP contribution >= 0.6 is 8.25 Å². The van der Waals surface area contributed by atoms with Crippen LogP contribution in [0, 0.1) is 5.41 Å². The Morgan fingerprint density at radius 2 is 1.62 bits per heavy atom. The van der Waals surface area contributed by atoms with Gasteiger partial charge in [-0.2, -0.15) is 0 Å². The van der Waals surface area contributed by atoms with E-state index in [-0.39, 0.29) is 5.41 Å². The van der Waals surface area contributed by atoms with Crippen molar-refractivity contribution in [1.82, 2.24) is 0 Å². The molecule has 1 fully saturated rings. The summed E-state index contributed by atoms with van der Waals surface area (Å²) in [5.74, 6) is 0. The molecule has 1 saturated heterocycles. The first kappa shape index (κ1) is 11.1. The van der Waals surface area contributed by atoms with Gasteiger partial charge in [0.15, 0.2) is 0 Å². The smallest absolute Gasteiger partial charge is 0.118 e. The van der Waals surface area contributed by atoms with Gasteiger partial charge in [0, 0.05) is 9.98 Å². The minimum absolute atomic E-state index is 0.132. The van der Waals surface area contributed by atoms with E-state index in [0.29, 0.717) is 13.2 Å². The molecule has 0 amide bonds. The monoisotopic (exact) mass is 205 g/mol. The molecule has 0 bridgehead atoms. The average molecular weight is 205 g/mol. The maximum Gasteiger partial charge on any atom is 0.697 e. The molecule has 1 aliphatic heterocycles. The second-order valence-electron chi connectivity index (χ2n) is 3.77. The fraction of sp³-hybridized carbons (Fsp3) is 1.00. The molecule has 0 N–H and O–H groups in total. The van der Waals surface area contributed by atoms with E-state index in [1.54, 1.807) is 0 Å². The van der Waals surface area contributed by atoms with Crippen molar-refractivity contribution in [1.29, 1.82) is 0 Å². The van der Waals surface area contributed by atoms with Gasteiger partial charge < -0.3 is 0 Å². The Balaban J connectivity index is 2.51. The zero-order valence-electron chi connectivity index (χ0n) is 8.41. The molecule has 1 rings (SSSR count). The first-order chi connectivity index (χ1) is 6.22. The lowest BCUT2D eigenvalue weighted by molar-refractivity contribution is 0.0140. The highest BCUT2D eigenvalue weighted by Gasteiger charge is 2.42. The van der Waals surface area contributed by atoms with Crippen LogP contribution in [0.15, 0.2) is 0 Å². The van der Waals surface area contributed by atoms with Gasteiger partial charge >= 0.3 is 8.25 Å². The Labute approximate surface area is 80.8 Å². The minimum Gasteiger partial charge on any atom is -0.118 e. The molecule has 0 atom stereocenters. The van der Waals surface area contributed by atoms with Crippen LogP contribution in [0.2, 0.25) is 0 Å². The molecule has 4 heteroatoms. The molecule has 0 spiro atoms.